The molecule has 19 heavy (non-hydrogen) atoms. The zero-order valence-electron chi connectivity index (χ0n) is 10.6. The summed E-state index contributed by atoms with van der Waals surface area (Å²) >= 11 is 0. The fourth-order valence-electron chi connectivity index (χ4n) is 1.97. The minimum atomic E-state index is -4.46. The summed E-state index contributed by atoms with van der Waals surface area (Å²) in [6.45, 7) is 4.51. The molecule has 2 rings (SSSR count). The molecule has 1 aromatic rings. The highest BCUT2D eigenvalue weighted by molar-refractivity contribution is 5.52. The van der Waals surface area contributed by atoms with Crippen molar-refractivity contribution in [3.05, 3.63) is 28.8 Å². The van der Waals surface area contributed by atoms with Gasteiger partial charge in [-0.2, -0.15) is 18.4 Å². The molecule has 1 aromatic carbocycles. The molecule has 0 aromatic heterocycles. The largest absolute Gasteiger partial charge is 0.476 e. The Morgan fingerprint density at radius 3 is 2.58 bits per heavy atom. The minimum absolute atomic E-state index is 0.0618. The SMILES string of the molecule is CC(C)N1COc2c(C#N)cc(C(F)(F)F)cc2C1. The van der Waals surface area contributed by atoms with Gasteiger partial charge in [0.1, 0.15) is 18.5 Å². The van der Waals surface area contributed by atoms with Gasteiger partial charge in [0.15, 0.2) is 0 Å². The van der Waals surface area contributed by atoms with Crippen LogP contribution in [0.3, 0.4) is 0 Å². The van der Waals surface area contributed by atoms with Crippen LogP contribution >= 0.6 is 0 Å². The van der Waals surface area contributed by atoms with Crippen molar-refractivity contribution in [3.8, 4) is 11.8 Å². The van der Waals surface area contributed by atoms with Gasteiger partial charge in [-0.25, -0.2) is 0 Å². The zero-order valence-corrected chi connectivity index (χ0v) is 10.6. The van der Waals surface area contributed by atoms with E-state index < -0.39 is 11.7 Å². The Hall–Kier alpha value is -1.74. The molecule has 6 heteroatoms. The molecule has 0 N–H and O–H groups in total. The van der Waals surface area contributed by atoms with Gasteiger partial charge in [-0.1, -0.05) is 0 Å². The average Bonchev–Trinajstić information content (AvgIpc) is 2.35. The normalized spacial score (nSPS) is 15.8. The minimum Gasteiger partial charge on any atom is -0.476 e. The molecule has 0 atom stereocenters. The molecule has 1 aliphatic rings. The van der Waals surface area contributed by atoms with Crippen LogP contribution < -0.4 is 4.74 Å². The van der Waals surface area contributed by atoms with E-state index >= 15 is 0 Å². The van der Waals surface area contributed by atoms with Crippen LogP contribution in [0.4, 0.5) is 13.2 Å². The summed E-state index contributed by atoms with van der Waals surface area (Å²) in [7, 11) is 0. The number of halogens is 3. The second-order valence-corrected chi connectivity index (χ2v) is 4.74. The molecule has 0 fully saturated rings. The maximum absolute atomic E-state index is 12.8. The summed E-state index contributed by atoms with van der Waals surface area (Å²) in [5.41, 5.74) is -0.462. The fraction of sp³-hybridized carbons (Fsp3) is 0.462. The molecule has 0 bridgehead atoms. The molecule has 0 unspecified atom stereocenters. The highest BCUT2D eigenvalue weighted by atomic mass is 19.4. The molecular formula is C13H13F3N2O. The summed E-state index contributed by atoms with van der Waals surface area (Å²) in [6, 6.07) is 3.83. The molecule has 0 radical (unpaired) electrons. The number of hydrogen-bond acceptors (Lipinski definition) is 3. The molecule has 1 aliphatic heterocycles. The van der Waals surface area contributed by atoms with Gasteiger partial charge in [-0.3, -0.25) is 4.90 Å². The molecule has 0 amide bonds. The molecule has 3 nitrogen and oxygen atoms in total. The van der Waals surface area contributed by atoms with Crippen LogP contribution in [0.15, 0.2) is 12.1 Å². The first-order valence-corrected chi connectivity index (χ1v) is 5.84. The predicted octanol–water partition coefficient (Wildman–Crippen LogP) is 3.14. The van der Waals surface area contributed by atoms with Crippen molar-refractivity contribution in [2.45, 2.75) is 32.6 Å². The molecule has 0 saturated heterocycles. The van der Waals surface area contributed by atoms with Gasteiger partial charge < -0.3 is 4.74 Å². The van der Waals surface area contributed by atoms with Crippen LogP contribution in [-0.2, 0) is 12.7 Å². The Labute approximate surface area is 109 Å². The lowest BCUT2D eigenvalue weighted by atomic mass is 10.0. The summed E-state index contributed by atoms with van der Waals surface area (Å²) in [4.78, 5) is 1.89. The van der Waals surface area contributed by atoms with Gasteiger partial charge in [0.05, 0.1) is 11.1 Å². The standard InChI is InChI=1S/C13H13F3N2O/c1-8(2)18-6-10-4-11(13(14,15)16)3-9(5-17)12(10)19-7-18/h3-4,8H,6-7H2,1-2H3. The van der Waals surface area contributed by atoms with E-state index in [0.717, 1.165) is 12.1 Å². The lowest BCUT2D eigenvalue weighted by molar-refractivity contribution is -0.137. The second kappa shape index (κ2) is 4.74. The predicted molar refractivity (Wildman–Crippen MR) is 62.3 cm³/mol. The quantitative estimate of drug-likeness (QED) is 0.786. The van der Waals surface area contributed by atoms with E-state index in [9.17, 15) is 13.2 Å². The molecular weight excluding hydrogens is 257 g/mol. The molecule has 0 spiro atoms. The summed E-state index contributed by atoms with van der Waals surface area (Å²) in [5.74, 6) is 0.271. The van der Waals surface area contributed by atoms with Crippen molar-refractivity contribution in [2.75, 3.05) is 6.73 Å². The Morgan fingerprint density at radius 1 is 1.37 bits per heavy atom. The van der Waals surface area contributed by atoms with Gasteiger partial charge in [-0.15, -0.1) is 0 Å². The highest BCUT2D eigenvalue weighted by Gasteiger charge is 2.34. The van der Waals surface area contributed by atoms with Gasteiger partial charge >= 0.3 is 6.18 Å². The average molecular weight is 270 g/mol. The van der Waals surface area contributed by atoms with Crippen LogP contribution in [0.25, 0.3) is 0 Å². The summed E-state index contributed by atoms with van der Waals surface area (Å²) in [6.07, 6.45) is -4.46. The Bertz CT molecular complexity index is 532. The smallest absolute Gasteiger partial charge is 0.416 e. The maximum Gasteiger partial charge on any atom is 0.416 e. The van der Waals surface area contributed by atoms with Gasteiger partial charge in [0.2, 0.25) is 0 Å². The number of fused-ring (bicyclic) bond motifs is 1. The van der Waals surface area contributed by atoms with Crippen molar-refractivity contribution in [3.63, 3.8) is 0 Å². The number of benzene rings is 1. The van der Waals surface area contributed by atoms with E-state index in [0.29, 0.717) is 12.1 Å². The highest BCUT2D eigenvalue weighted by Crippen LogP contribution is 2.37. The van der Waals surface area contributed by atoms with Crippen LogP contribution in [0.5, 0.6) is 5.75 Å². The molecule has 0 aliphatic carbocycles. The van der Waals surface area contributed by atoms with Crippen molar-refractivity contribution < 1.29 is 17.9 Å². The van der Waals surface area contributed by atoms with Crippen LogP contribution in [0.1, 0.15) is 30.5 Å². The number of rotatable bonds is 1. The van der Waals surface area contributed by atoms with Crippen LogP contribution in [0, 0.1) is 11.3 Å². The van der Waals surface area contributed by atoms with E-state index in [4.69, 9.17) is 10.00 Å². The maximum atomic E-state index is 12.8. The van der Waals surface area contributed by atoms with Crippen LogP contribution in [0.2, 0.25) is 0 Å². The van der Waals surface area contributed by atoms with Crippen LogP contribution in [-0.4, -0.2) is 17.7 Å². The Morgan fingerprint density at radius 2 is 2.05 bits per heavy atom. The van der Waals surface area contributed by atoms with E-state index in [1.54, 1.807) is 6.07 Å². The first kappa shape index (κ1) is 13.7. The lowest BCUT2D eigenvalue weighted by Gasteiger charge is -2.32. The first-order chi connectivity index (χ1) is 8.82. The number of alkyl halides is 3. The Balaban J connectivity index is 2.48. The topological polar surface area (TPSA) is 36.3 Å². The fourth-order valence-corrected chi connectivity index (χ4v) is 1.97. The van der Waals surface area contributed by atoms with E-state index in [-0.39, 0.29) is 24.1 Å². The van der Waals surface area contributed by atoms with E-state index in [1.807, 2.05) is 18.7 Å². The third kappa shape index (κ3) is 2.66. The Kier molecular flexibility index (Phi) is 3.42. The number of nitriles is 1. The third-order valence-corrected chi connectivity index (χ3v) is 3.09. The third-order valence-electron chi connectivity index (χ3n) is 3.09. The van der Waals surface area contributed by atoms with E-state index in [1.165, 1.54) is 0 Å². The van der Waals surface area contributed by atoms with Crippen molar-refractivity contribution >= 4 is 0 Å². The zero-order chi connectivity index (χ0) is 14.2. The van der Waals surface area contributed by atoms with Gasteiger partial charge in [0.25, 0.3) is 0 Å². The monoisotopic (exact) mass is 270 g/mol. The summed E-state index contributed by atoms with van der Waals surface area (Å²) in [5, 5.41) is 8.95. The molecule has 0 saturated carbocycles. The number of nitrogens with zero attached hydrogens (tertiary/aromatic N) is 2. The van der Waals surface area contributed by atoms with E-state index in [2.05, 4.69) is 0 Å². The van der Waals surface area contributed by atoms with Crippen molar-refractivity contribution in [2.24, 2.45) is 0 Å². The number of ether oxygens (including phenoxy) is 1. The molecule has 1 heterocycles. The number of hydrogen-bond donors (Lipinski definition) is 0. The second-order valence-electron chi connectivity index (χ2n) is 4.74. The molecule has 102 valence electrons. The van der Waals surface area contributed by atoms with Gasteiger partial charge in [0, 0.05) is 18.2 Å². The first-order valence-electron chi connectivity index (χ1n) is 5.84. The van der Waals surface area contributed by atoms with Crippen molar-refractivity contribution in [1.82, 2.24) is 4.90 Å². The lowest BCUT2D eigenvalue weighted by Crippen LogP contribution is -2.37. The van der Waals surface area contributed by atoms with Crippen molar-refractivity contribution in [1.29, 1.82) is 5.26 Å². The summed E-state index contributed by atoms with van der Waals surface area (Å²) < 4.78 is 43.7. The van der Waals surface area contributed by atoms with Gasteiger partial charge in [-0.05, 0) is 26.0 Å².